The van der Waals surface area contributed by atoms with Crippen molar-refractivity contribution in [2.75, 3.05) is 5.32 Å². The molecule has 2 bridgehead atoms. The molecule has 5 nitrogen and oxygen atoms in total. The van der Waals surface area contributed by atoms with Crippen LogP contribution in [-0.2, 0) is 4.79 Å². The van der Waals surface area contributed by atoms with E-state index in [-0.39, 0.29) is 11.7 Å². The van der Waals surface area contributed by atoms with E-state index in [1.807, 2.05) is 0 Å². The minimum absolute atomic E-state index is 0.0314. The third-order valence-corrected chi connectivity index (χ3v) is 5.06. The normalized spacial score (nSPS) is 25.6. The first-order valence-corrected chi connectivity index (χ1v) is 8.51. The topological polar surface area (TPSA) is 59.0 Å². The maximum absolute atomic E-state index is 14.2. The van der Waals surface area contributed by atoms with Gasteiger partial charge >= 0.3 is 0 Å². The molecule has 2 atom stereocenters. The van der Waals surface area contributed by atoms with Gasteiger partial charge in [0.1, 0.15) is 5.82 Å². The lowest BCUT2D eigenvalue weighted by molar-refractivity contribution is -0.117. The summed E-state index contributed by atoms with van der Waals surface area (Å²) >= 11 is 0. The van der Waals surface area contributed by atoms with Gasteiger partial charge in [0.2, 0.25) is 5.91 Å². The summed E-state index contributed by atoms with van der Waals surface area (Å²) in [5.74, 6) is 0.0145. The van der Waals surface area contributed by atoms with Crippen molar-refractivity contribution < 1.29 is 9.18 Å². The minimum atomic E-state index is -0.384. The first kappa shape index (κ1) is 15.3. The van der Waals surface area contributed by atoms with E-state index >= 15 is 0 Å². The molecule has 1 aromatic carbocycles. The summed E-state index contributed by atoms with van der Waals surface area (Å²) in [6, 6.07) is 5.89. The van der Waals surface area contributed by atoms with Crippen LogP contribution in [0, 0.1) is 11.7 Å². The van der Waals surface area contributed by atoms with Crippen LogP contribution in [0.25, 0.3) is 5.69 Å². The predicted octanol–water partition coefficient (Wildman–Crippen LogP) is 2.87. The molecule has 1 amide bonds. The van der Waals surface area contributed by atoms with Crippen LogP contribution in [0.4, 0.5) is 10.1 Å². The molecule has 2 aliphatic heterocycles. The predicted molar refractivity (Wildman–Crippen MR) is 89.4 cm³/mol. The number of amides is 1. The lowest BCUT2D eigenvalue weighted by atomic mass is 9.89. The zero-order valence-corrected chi connectivity index (χ0v) is 13.4. The minimum Gasteiger partial charge on any atom is -0.326 e. The Morgan fingerprint density at radius 3 is 2.79 bits per heavy atom. The van der Waals surface area contributed by atoms with E-state index in [0.717, 1.165) is 12.8 Å². The molecule has 4 rings (SSSR count). The number of benzene rings is 1. The quantitative estimate of drug-likeness (QED) is 0.907. The molecule has 6 heteroatoms. The molecule has 0 radical (unpaired) electrons. The molecule has 1 aromatic heterocycles. The maximum Gasteiger partial charge on any atom is 0.224 e. The fourth-order valence-corrected chi connectivity index (χ4v) is 4.01. The van der Waals surface area contributed by atoms with E-state index in [2.05, 4.69) is 15.6 Å². The van der Waals surface area contributed by atoms with Gasteiger partial charge in [-0.15, -0.1) is 0 Å². The number of piperidine rings is 1. The van der Waals surface area contributed by atoms with Crippen molar-refractivity contribution in [1.82, 2.24) is 14.9 Å². The second-order valence-corrected chi connectivity index (χ2v) is 6.86. The van der Waals surface area contributed by atoms with Crippen LogP contribution in [0.5, 0.6) is 0 Å². The lowest BCUT2D eigenvalue weighted by Crippen LogP contribution is -2.39. The summed E-state index contributed by atoms with van der Waals surface area (Å²) in [5.41, 5.74) is 0.915. The largest absolute Gasteiger partial charge is 0.326 e. The average Bonchev–Trinajstić information content (AvgIpc) is 3.17. The Morgan fingerprint density at radius 2 is 2.12 bits per heavy atom. The van der Waals surface area contributed by atoms with Gasteiger partial charge in [-0.3, -0.25) is 4.79 Å². The summed E-state index contributed by atoms with van der Waals surface area (Å²) in [6.07, 6.45) is 9.92. The van der Waals surface area contributed by atoms with Crippen molar-refractivity contribution in [2.24, 2.45) is 5.92 Å². The van der Waals surface area contributed by atoms with Gasteiger partial charge in [0.25, 0.3) is 0 Å². The number of carbonyl (C=O) groups excluding carboxylic acids is 1. The Morgan fingerprint density at radius 1 is 1.33 bits per heavy atom. The number of fused-ring (bicyclic) bond motifs is 2. The van der Waals surface area contributed by atoms with Gasteiger partial charge < -0.3 is 15.2 Å². The van der Waals surface area contributed by atoms with Crippen LogP contribution < -0.4 is 10.6 Å². The second kappa shape index (κ2) is 6.36. The van der Waals surface area contributed by atoms with Gasteiger partial charge in [0.15, 0.2) is 0 Å². The van der Waals surface area contributed by atoms with Gasteiger partial charge in [0, 0.05) is 36.6 Å². The monoisotopic (exact) mass is 328 g/mol. The van der Waals surface area contributed by atoms with E-state index in [0.29, 0.717) is 35.8 Å². The molecular weight excluding hydrogens is 307 g/mol. The van der Waals surface area contributed by atoms with Crippen molar-refractivity contribution in [3.05, 3.63) is 42.7 Å². The third kappa shape index (κ3) is 3.19. The Hall–Kier alpha value is -2.21. The first-order valence-electron chi connectivity index (χ1n) is 8.51. The van der Waals surface area contributed by atoms with Crippen LogP contribution in [0.3, 0.4) is 0 Å². The molecule has 2 aromatic rings. The van der Waals surface area contributed by atoms with Crippen molar-refractivity contribution in [2.45, 2.75) is 44.2 Å². The number of halogens is 1. The van der Waals surface area contributed by atoms with Crippen molar-refractivity contribution in [3.8, 4) is 5.69 Å². The maximum atomic E-state index is 14.2. The lowest BCUT2D eigenvalue weighted by Gasteiger charge is -2.28. The number of anilines is 1. The highest BCUT2D eigenvalue weighted by Gasteiger charge is 2.34. The Kier molecular flexibility index (Phi) is 4.06. The van der Waals surface area contributed by atoms with Gasteiger partial charge in [0.05, 0.1) is 12.0 Å². The van der Waals surface area contributed by atoms with Crippen LogP contribution in [-0.4, -0.2) is 27.5 Å². The summed E-state index contributed by atoms with van der Waals surface area (Å²) in [4.78, 5) is 16.2. The smallest absolute Gasteiger partial charge is 0.224 e. The van der Waals surface area contributed by atoms with E-state index in [4.69, 9.17) is 0 Å². The van der Waals surface area contributed by atoms with Gasteiger partial charge in [-0.25, -0.2) is 9.37 Å². The molecule has 2 N–H and O–H groups in total. The zero-order valence-electron chi connectivity index (χ0n) is 13.4. The molecule has 2 saturated heterocycles. The SMILES string of the molecule is O=C(CC1CC2CCC(C1)N2)Nc1ccc(-n2ccnc2)c(F)c1. The highest BCUT2D eigenvalue weighted by Crippen LogP contribution is 2.32. The molecule has 0 spiro atoms. The highest BCUT2D eigenvalue weighted by atomic mass is 19.1. The number of nitrogens with zero attached hydrogens (tertiary/aromatic N) is 2. The summed E-state index contributed by atoms with van der Waals surface area (Å²) in [6.45, 7) is 0. The van der Waals surface area contributed by atoms with Crippen LogP contribution in [0.2, 0.25) is 0 Å². The molecule has 24 heavy (non-hydrogen) atoms. The molecular formula is C18H21FN4O. The van der Waals surface area contributed by atoms with Gasteiger partial charge in [-0.1, -0.05) is 0 Å². The number of hydrogen-bond donors (Lipinski definition) is 2. The van der Waals surface area contributed by atoms with E-state index in [1.54, 1.807) is 35.4 Å². The summed E-state index contributed by atoms with van der Waals surface area (Å²) in [5, 5.41) is 6.41. The number of hydrogen-bond acceptors (Lipinski definition) is 3. The molecule has 126 valence electrons. The van der Waals surface area contributed by atoms with Crippen LogP contribution >= 0.6 is 0 Å². The summed E-state index contributed by atoms with van der Waals surface area (Å²) < 4.78 is 15.8. The van der Waals surface area contributed by atoms with Crippen molar-refractivity contribution >= 4 is 11.6 Å². The molecule has 2 fully saturated rings. The van der Waals surface area contributed by atoms with Crippen molar-refractivity contribution in [1.29, 1.82) is 0 Å². The molecule has 2 aliphatic rings. The van der Waals surface area contributed by atoms with Gasteiger partial charge in [-0.05, 0) is 49.8 Å². The fraction of sp³-hybridized carbons (Fsp3) is 0.444. The number of imidazole rings is 1. The number of aromatic nitrogens is 2. The number of rotatable bonds is 4. The molecule has 0 saturated carbocycles. The average molecular weight is 328 g/mol. The zero-order chi connectivity index (χ0) is 16.5. The molecule has 0 aliphatic carbocycles. The number of nitrogens with one attached hydrogen (secondary N) is 2. The first-order chi connectivity index (χ1) is 11.7. The van der Waals surface area contributed by atoms with Crippen LogP contribution in [0.15, 0.2) is 36.9 Å². The molecule has 2 unspecified atom stereocenters. The Bertz CT molecular complexity index is 719. The number of carbonyl (C=O) groups is 1. The Labute approximate surface area is 140 Å². The van der Waals surface area contributed by atoms with Crippen molar-refractivity contribution in [3.63, 3.8) is 0 Å². The molecule has 3 heterocycles. The fourth-order valence-electron chi connectivity index (χ4n) is 4.01. The standard InChI is InChI=1S/C18H21FN4O/c19-16-10-15(3-4-17(16)23-6-5-20-11-23)22-18(24)9-12-7-13-1-2-14(8-12)21-13/h3-6,10-14,21H,1-2,7-9H2,(H,22,24). The van der Waals surface area contributed by atoms with E-state index in [9.17, 15) is 9.18 Å². The van der Waals surface area contributed by atoms with E-state index in [1.165, 1.54) is 18.9 Å². The summed E-state index contributed by atoms with van der Waals surface area (Å²) in [7, 11) is 0. The van der Waals surface area contributed by atoms with Crippen LogP contribution in [0.1, 0.15) is 32.1 Å². The van der Waals surface area contributed by atoms with E-state index < -0.39 is 0 Å². The third-order valence-electron chi connectivity index (χ3n) is 5.06. The Balaban J connectivity index is 1.38. The second-order valence-electron chi connectivity index (χ2n) is 6.86. The van der Waals surface area contributed by atoms with Gasteiger partial charge in [-0.2, -0.15) is 0 Å². The highest BCUT2D eigenvalue weighted by molar-refractivity contribution is 5.91.